The summed E-state index contributed by atoms with van der Waals surface area (Å²) in [6, 6.07) is 0. The molecular formula is C16H22N6O2. The first-order chi connectivity index (χ1) is 11.6. The Kier molecular flexibility index (Phi) is 5.05. The van der Waals surface area contributed by atoms with E-state index in [0.29, 0.717) is 31.2 Å². The number of aryl methyl sites for hydroxylation is 2. The molecule has 0 radical (unpaired) electrons. The number of nitrogens with one attached hydrogen (secondary N) is 2. The maximum Gasteiger partial charge on any atom is 0.254 e. The predicted molar refractivity (Wildman–Crippen MR) is 89.0 cm³/mol. The molecule has 0 spiro atoms. The van der Waals surface area contributed by atoms with Crippen LogP contribution in [0.3, 0.4) is 0 Å². The number of aromatic amines is 1. The summed E-state index contributed by atoms with van der Waals surface area (Å²) in [6.45, 7) is 6.37. The molecule has 0 saturated carbocycles. The van der Waals surface area contributed by atoms with Crippen LogP contribution in [0, 0.1) is 13.8 Å². The first kappa shape index (κ1) is 16.4. The Balaban J connectivity index is 1.60. The van der Waals surface area contributed by atoms with Gasteiger partial charge < -0.3 is 15.0 Å². The van der Waals surface area contributed by atoms with Gasteiger partial charge in [-0.2, -0.15) is 5.10 Å². The average molecular weight is 330 g/mol. The van der Waals surface area contributed by atoms with E-state index in [1.54, 1.807) is 0 Å². The van der Waals surface area contributed by atoms with Crippen LogP contribution in [-0.2, 0) is 4.74 Å². The molecular weight excluding hydrogens is 308 g/mol. The van der Waals surface area contributed by atoms with Gasteiger partial charge in [-0.25, -0.2) is 9.97 Å². The highest BCUT2D eigenvalue weighted by atomic mass is 16.5. The van der Waals surface area contributed by atoms with Crippen LogP contribution in [0.4, 0.5) is 5.95 Å². The molecule has 128 valence electrons. The number of aromatic nitrogens is 4. The average Bonchev–Trinajstić information content (AvgIpc) is 2.87. The van der Waals surface area contributed by atoms with Crippen LogP contribution in [0.25, 0.3) is 0 Å². The monoisotopic (exact) mass is 330 g/mol. The van der Waals surface area contributed by atoms with E-state index in [9.17, 15) is 4.79 Å². The number of nitrogens with zero attached hydrogens (tertiary/aromatic N) is 4. The normalized spacial score (nSPS) is 18.2. The summed E-state index contributed by atoms with van der Waals surface area (Å²) >= 11 is 0. The number of amides is 1. The topological polar surface area (TPSA) is 96.0 Å². The highest BCUT2D eigenvalue weighted by Crippen LogP contribution is 2.13. The van der Waals surface area contributed by atoms with E-state index in [2.05, 4.69) is 30.4 Å². The van der Waals surface area contributed by atoms with Gasteiger partial charge in [-0.1, -0.05) is 0 Å². The maximum absolute atomic E-state index is 12.2. The summed E-state index contributed by atoms with van der Waals surface area (Å²) in [5, 5.41) is 9.55. The first-order valence-corrected chi connectivity index (χ1v) is 8.07. The van der Waals surface area contributed by atoms with Gasteiger partial charge in [-0.05, 0) is 25.8 Å². The third-order valence-electron chi connectivity index (χ3n) is 3.96. The maximum atomic E-state index is 12.2. The van der Waals surface area contributed by atoms with Gasteiger partial charge in [0.15, 0.2) is 0 Å². The number of H-pyrrole nitrogens is 1. The van der Waals surface area contributed by atoms with Crippen molar-refractivity contribution in [2.24, 2.45) is 0 Å². The Morgan fingerprint density at radius 2 is 2.17 bits per heavy atom. The zero-order valence-electron chi connectivity index (χ0n) is 14.0. The molecule has 1 fully saturated rings. The van der Waals surface area contributed by atoms with Crippen molar-refractivity contribution in [3.63, 3.8) is 0 Å². The first-order valence-electron chi connectivity index (χ1n) is 8.07. The molecule has 24 heavy (non-hydrogen) atoms. The third-order valence-corrected chi connectivity index (χ3v) is 3.96. The molecule has 3 heterocycles. The van der Waals surface area contributed by atoms with Crippen molar-refractivity contribution in [1.29, 1.82) is 0 Å². The molecule has 2 aromatic heterocycles. The number of hydrogen-bond acceptors (Lipinski definition) is 6. The molecule has 0 aliphatic carbocycles. The lowest BCUT2D eigenvalue weighted by atomic mass is 10.2. The van der Waals surface area contributed by atoms with Gasteiger partial charge in [0.1, 0.15) is 0 Å². The second-order valence-corrected chi connectivity index (χ2v) is 5.97. The second kappa shape index (κ2) is 7.39. The molecule has 2 N–H and O–H groups in total. The third kappa shape index (κ3) is 3.88. The van der Waals surface area contributed by atoms with Gasteiger partial charge >= 0.3 is 0 Å². The van der Waals surface area contributed by atoms with Crippen LogP contribution < -0.4 is 10.2 Å². The van der Waals surface area contributed by atoms with E-state index in [1.807, 2.05) is 26.2 Å². The Labute approximate surface area is 140 Å². The van der Waals surface area contributed by atoms with Crippen LogP contribution in [0.2, 0.25) is 0 Å². The van der Waals surface area contributed by atoms with E-state index in [-0.39, 0.29) is 12.0 Å². The fraction of sp³-hybridized carbons (Fsp3) is 0.500. The highest BCUT2D eigenvalue weighted by Gasteiger charge is 2.22. The standard InChI is InChI=1S/C16H22N6O2/c1-11-6-18-16(19-7-11)22-4-3-5-24-13(10-22)8-17-15(23)14-9-20-21-12(14)2/h6-7,9,13H,3-5,8,10H2,1-2H3,(H,17,23)(H,20,21). The van der Waals surface area contributed by atoms with Crippen LogP contribution in [0.5, 0.6) is 0 Å². The Hall–Kier alpha value is -2.48. The summed E-state index contributed by atoms with van der Waals surface area (Å²) in [4.78, 5) is 23.1. The van der Waals surface area contributed by atoms with Gasteiger partial charge in [0.25, 0.3) is 5.91 Å². The van der Waals surface area contributed by atoms with Crippen LogP contribution in [0.15, 0.2) is 18.6 Å². The fourth-order valence-corrected chi connectivity index (χ4v) is 2.63. The van der Waals surface area contributed by atoms with Crippen molar-refractivity contribution in [3.05, 3.63) is 35.4 Å². The zero-order valence-corrected chi connectivity index (χ0v) is 14.0. The molecule has 3 rings (SSSR count). The lowest BCUT2D eigenvalue weighted by molar-refractivity contribution is 0.0639. The Bertz CT molecular complexity index is 684. The molecule has 1 atom stereocenters. The lowest BCUT2D eigenvalue weighted by Crippen LogP contribution is -2.40. The van der Waals surface area contributed by atoms with E-state index < -0.39 is 0 Å². The SMILES string of the molecule is Cc1cnc(N2CCCOC(CNC(=O)c3cn[nH]c3C)C2)nc1. The molecule has 0 aromatic carbocycles. The van der Waals surface area contributed by atoms with Gasteiger partial charge in [0, 0.05) is 44.3 Å². The van der Waals surface area contributed by atoms with Crippen molar-refractivity contribution in [3.8, 4) is 0 Å². The van der Waals surface area contributed by atoms with Crippen molar-refractivity contribution < 1.29 is 9.53 Å². The van der Waals surface area contributed by atoms with Gasteiger partial charge in [0.2, 0.25) is 5.95 Å². The molecule has 1 aliphatic heterocycles. The van der Waals surface area contributed by atoms with E-state index in [0.717, 1.165) is 24.2 Å². The minimum atomic E-state index is -0.146. The molecule has 1 aliphatic rings. The van der Waals surface area contributed by atoms with Crippen LogP contribution in [0.1, 0.15) is 28.0 Å². The molecule has 8 heteroatoms. The minimum absolute atomic E-state index is 0.103. The summed E-state index contributed by atoms with van der Waals surface area (Å²) in [6.07, 6.45) is 5.96. The second-order valence-electron chi connectivity index (χ2n) is 5.97. The molecule has 1 unspecified atom stereocenters. The zero-order chi connectivity index (χ0) is 16.9. The summed E-state index contributed by atoms with van der Waals surface area (Å²) in [5.74, 6) is 0.556. The number of rotatable bonds is 4. The molecule has 2 aromatic rings. The Morgan fingerprint density at radius 1 is 1.38 bits per heavy atom. The quantitative estimate of drug-likeness (QED) is 0.862. The summed E-state index contributed by atoms with van der Waals surface area (Å²) < 4.78 is 5.84. The van der Waals surface area contributed by atoms with Crippen LogP contribution >= 0.6 is 0 Å². The predicted octanol–water partition coefficient (Wildman–Crippen LogP) is 0.842. The number of anilines is 1. The van der Waals surface area contributed by atoms with Crippen molar-refractivity contribution in [2.75, 3.05) is 31.1 Å². The van der Waals surface area contributed by atoms with Gasteiger partial charge in [-0.15, -0.1) is 0 Å². The van der Waals surface area contributed by atoms with E-state index >= 15 is 0 Å². The number of hydrogen-bond donors (Lipinski definition) is 2. The minimum Gasteiger partial charge on any atom is -0.374 e. The van der Waals surface area contributed by atoms with E-state index in [4.69, 9.17) is 4.74 Å². The smallest absolute Gasteiger partial charge is 0.254 e. The Morgan fingerprint density at radius 3 is 2.88 bits per heavy atom. The summed E-state index contributed by atoms with van der Waals surface area (Å²) in [7, 11) is 0. The van der Waals surface area contributed by atoms with Gasteiger partial charge in [-0.3, -0.25) is 9.89 Å². The highest BCUT2D eigenvalue weighted by molar-refractivity contribution is 5.94. The number of ether oxygens (including phenoxy) is 1. The molecule has 8 nitrogen and oxygen atoms in total. The van der Waals surface area contributed by atoms with Crippen molar-refractivity contribution >= 4 is 11.9 Å². The van der Waals surface area contributed by atoms with Crippen LogP contribution in [-0.4, -0.2) is 58.4 Å². The summed E-state index contributed by atoms with van der Waals surface area (Å²) in [5.41, 5.74) is 2.34. The van der Waals surface area contributed by atoms with Gasteiger partial charge in [0.05, 0.1) is 17.9 Å². The fourth-order valence-electron chi connectivity index (χ4n) is 2.63. The van der Waals surface area contributed by atoms with E-state index in [1.165, 1.54) is 6.20 Å². The van der Waals surface area contributed by atoms with Crippen molar-refractivity contribution in [1.82, 2.24) is 25.5 Å². The van der Waals surface area contributed by atoms with Crippen molar-refractivity contribution in [2.45, 2.75) is 26.4 Å². The number of carbonyl (C=O) groups is 1. The molecule has 1 amide bonds. The number of carbonyl (C=O) groups excluding carboxylic acids is 1. The largest absolute Gasteiger partial charge is 0.374 e. The lowest BCUT2D eigenvalue weighted by Gasteiger charge is -2.24. The molecule has 0 bridgehead atoms. The molecule has 1 saturated heterocycles.